The third-order valence-electron chi connectivity index (χ3n) is 4.70. The maximum Gasteiger partial charge on any atom is 0.243 e. The maximum atomic E-state index is 12.5. The summed E-state index contributed by atoms with van der Waals surface area (Å²) in [5.41, 5.74) is 1.81. The highest BCUT2D eigenvalue weighted by Crippen LogP contribution is 2.32. The first-order chi connectivity index (χ1) is 11.0. The van der Waals surface area contributed by atoms with Gasteiger partial charge >= 0.3 is 0 Å². The van der Waals surface area contributed by atoms with Gasteiger partial charge in [-0.15, -0.1) is 0 Å². The Morgan fingerprint density at radius 2 is 1.96 bits per heavy atom. The molecule has 5 heteroatoms. The number of para-hydroxylation sites is 1. The zero-order valence-corrected chi connectivity index (χ0v) is 14.1. The zero-order chi connectivity index (χ0) is 17.0. The molecule has 0 radical (unpaired) electrons. The van der Waals surface area contributed by atoms with Crippen LogP contribution in [0.3, 0.4) is 0 Å². The highest BCUT2D eigenvalue weighted by atomic mass is 16.3. The normalized spacial score (nSPS) is 18.0. The number of nitrogens with zero attached hydrogens (tertiary/aromatic N) is 1. The first kappa shape index (κ1) is 17.5. The summed E-state index contributed by atoms with van der Waals surface area (Å²) in [5.74, 6) is -0.169. The summed E-state index contributed by atoms with van der Waals surface area (Å²) in [5, 5.41) is 13.0. The number of hydrogen-bond acceptors (Lipinski definition) is 3. The van der Waals surface area contributed by atoms with E-state index in [0.29, 0.717) is 6.42 Å². The van der Waals surface area contributed by atoms with E-state index in [9.17, 15) is 14.7 Å². The number of fused-ring (bicyclic) bond motifs is 1. The van der Waals surface area contributed by atoms with Crippen molar-refractivity contribution in [1.82, 2.24) is 5.32 Å². The molecule has 1 unspecified atom stereocenters. The Hall–Kier alpha value is -1.88. The molecule has 0 bridgehead atoms. The van der Waals surface area contributed by atoms with Gasteiger partial charge in [0.2, 0.25) is 11.8 Å². The van der Waals surface area contributed by atoms with Crippen molar-refractivity contribution in [1.29, 1.82) is 0 Å². The predicted molar refractivity (Wildman–Crippen MR) is 90.2 cm³/mol. The van der Waals surface area contributed by atoms with Crippen LogP contribution in [0.2, 0.25) is 0 Å². The van der Waals surface area contributed by atoms with Gasteiger partial charge < -0.3 is 10.4 Å². The smallest absolute Gasteiger partial charge is 0.243 e. The van der Waals surface area contributed by atoms with E-state index in [2.05, 4.69) is 5.32 Å². The van der Waals surface area contributed by atoms with Crippen LogP contribution in [-0.4, -0.2) is 35.6 Å². The van der Waals surface area contributed by atoms with Gasteiger partial charge in [-0.1, -0.05) is 44.9 Å². The van der Waals surface area contributed by atoms with Crippen molar-refractivity contribution in [2.75, 3.05) is 11.4 Å². The minimum atomic E-state index is -0.552. The summed E-state index contributed by atoms with van der Waals surface area (Å²) in [4.78, 5) is 26.0. The summed E-state index contributed by atoms with van der Waals surface area (Å²) in [6, 6.07) is 7.06. The Morgan fingerprint density at radius 1 is 1.30 bits per heavy atom. The first-order valence-electron chi connectivity index (χ1n) is 8.33. The Balaban J connectivity index is 2.04. The Bertz CT molecular complexity index is 569. The third kappa shape index (κ3) is 3.72. The Morgan fingerprint density at radius 3 is 2.57 bits per heavy atom. The lowest BCUT2D eigenvalue weighted by Gasteiger charge is -2.25. The van der Waals surface area contributed by atoms with E-state index in [1.165, 1.54) is 6.92 Å². The molecule has 2 N–H and O–H groups in total. The number of hydrogen-bond donors (Lipinski definition) is 2. The number of carbonyl (C=O) groups excluding carboxylic acids is 2. The molecule has 0 fully saturated rings. The second-order valence-electron chi connectivity index (χ2n) is 6.13. The van der Waals surface area contributed by atoms with Gasteiger partial charge in [0.15, 0.2) is 0 Å². The number of carbonyl (C=O) groups is 2. The highest BCUT2D eigenvalue weighted by molar-refractivity contribution is 6.02. The number of anilines is 1. The lowest BCUT2D eigenvalue weighted by atomic mass is 9.96. The summed E-state index contributed by atoms with van der Waals surface area (Å²) < 4.78 is 0. The van der Waals surface area contributed by atoms with Crippen molar-refractivity contribution in [3.8, 4) is 0 Å². The molecule has 0 spiro atoms. The number of nitrogens with one attached hydrogen (secondary N) is 1. The molecule has 2 amide bonds. The molecule has 2 atom stereocenters. The second-order valence-corrected chi connectivity index (χ2v) is 6.13. The van der Waals surface area contributed by atoms with Crippen LogP contribution in [0.1, 0.15) is 39.2 Å². The van der Waals surface area contributed by atoms with Crippen LogP contribution < -0.4 is 10.2 Å². The summed E-state index contributed by atoms with van der Waals surface area (Å²) >= 11 is 0. The molecule has 0 aromatic heterocycles. The molecule has 0 saturated heterocycles. The number of benzene rings is 1. The Labute approximate surface area is 137 Å². The fourth-order valence-corrected chi connectivity index (χ4v) is 3.31. The van der Waals surface area contributed by atoms with Crippen LogP contribution in [0.15, 0.2) is 24.3 Å². The molecule has 0 aliphatic carbocycles. The van der Waals surface area contributed by atoms with Crippen LogP contribution in [0.25, 0.3) is 0 Å². The van der Waals surface area contributed by atoms with Gasteiger partial charge in [0.1, 0.15) is 6.04 Å². The molecule has 126 valence electrons. The lowest BCUT2D eigenvalue weighted by Crippen LogP contribution is -2.49. The summed E-state index contributed by atoms with van der Waals surface area (Å²) in [7, 11) is 0. The van der Waals surface area contributed by atoms with Gasteiger partial charge in [-0.2, -0.15) is 0 Å². The number of amides is 2. The van der Waals surface area contributed by atoms with E-state index in [4.69, 9.17) is 0 Å². The van der Waals surface area contributed by atoms with Crippen LogP contribution in [0, 0.1) is 5.92 Å². The van der Waals surface area contributed by atoms with E-state index < -0.39 is 12.1 Å². The zero-order valence-electron chi connectivity index (χ0n) is 14.1. The topological polar surface area (TPSA) is 69.6 Å². The van der Waals surface area contributed by atoms with Crippen molar-refractivity contribution in [2.45, 2.75) is 52.2 Å². The number of aliphatic hydroxyl groups is 1. The summed E-state index contributed by atoms with van der Waals surface area (Å²) in [6.45, 7) is 5.76. The Kier molecular flexibility index (Phi) is 5.77. The molecule has 1 heterocycles. The van der Waals surface area contributed by atoms with Crippen molar-refractivity contribution >= 4 is 17.5 Å². The lowest BCUT2D eigenvalue weighted by molar-refractivity contribution is -0.126. The molecule has 1 aromatic rings. The largest absolute Gasteiger partial charge is 0.391 e. The highest BCUT2D eigenvalue weighted by Gasteiger charge is 2.36. The van der Waals surface area contributed by atoms with E-state index in [1.807, 2.05) is 38.1 Å². The quantitative estimate of drug-likeness (QED) is 0.841. The van der Waals surface area contributed by atoms with Gasteiger partial charge in [-0.3, -0.25) is 14.5 Å². The van der Waals surface area contributed by atoms with Gasteiger partial charge in [0.05, 0.1) is 6.10 Å². The molecular formula is C18H26N2O3. The molecular weight excluding hydrogens is 292 g/mol. The second kappa shape index (κ2) is 7.59. The van der Waals surface area contributed by atoms with Crippen molar-refractivity contribution in [3.05, 3.63) is 29.8 Å². The summed E-state index contributed by atoms with van der Waals surface area (Å²) in [6.07, 6.45) is 1.72. The number of rotatable bonds is 6. The molecule has 1 aliphatic rings. The van der Waals surface area contributed by atoms with Crippen LogP contribution in [0.5, 0.6) is 0 Å². The van der Waals surface area contributed by atoms with Crippen LogP contribution in [-0.2, 0) is 16.0 Å². The molecule has 2 rings (SSSR count). The average molecular weight is 318 g/mol. The van der Waals surface area contributed by atoms with Gasteiger partial charge in [-0.05, 0) is 17.5 Å². The van der Waals surface area contributed by atoms with Crippen molar-refractivity contribution < 1.29 is 14.7 Å². The number of aliphatic hydroxyl groups excluding tert-OH is 1. The molecule has 23 heavy (non-hydrogen) atoms. The van der Waals surface area contributed by atoms with Crippen LogP contribution in [0.4, 0.5) is 5.69 Å². The monoisotopic (exact) mass is 318 g/mol. The molecule has 1 aromatic carbocycles. The van der Waals surface area contributed by atoms with E-state index in [1.54, 1.807) is 4.90 Å². The fourth-order valence-electron chi connectivity index (χ4n) is 3.31. The standard InChI is InChI=1S/C18H26N2O3/c1-4-13(5-2)17(22)11-19-18(23)16-10-14-8-6-7-9-15(14)20(16)12(3)21/h6-9,13,16-17,22H,4-5,10-11H2,1-3H3,(H,19,23)/t16-,17?/m0/s1. The van der Waals surface area contributed by atoms with E-state index in [-0.39, 0.29) is 24.3 Å². The van der Waals surface area contributed by atoms with Gasteiger partial charge in [0, 0.05) is 25.6 Å². The molecule has 0 saturated carbocycles. The van der Waals surface area contributed by atoms with Gasteiger partial charge in [0.25, 0.3) is 0 Å². The van der Waals surface area contributed by atoms with Gasteiger partial charge in [-0.25, -0.2) is 0 Å². The molecule has 5 nitrogen and oxygen atoms in total. The molecule has 1 aliphatic heterocycles. The van der Waals surface area contributed by atoms with Crippen molar-refractivity contribution in [2.24, 2.45) is 5.92 Å². The maximum absolute atomic E-state index is 12.5. The average Bonchev–Trinajstić information content (AvgIpc) is 2.93. The SMILES string of the molecule is CCC(CC)C(O)CNC(=O)[C@@H]1Cc2ccccc2N1C(C)=O. The van der Waals surface area contributed by atoms with E-state index in [0.717, 1.165) is 24.1 Å². The third-order valence-corrected chi connectivity index (χ3v) is 4.70. The minimum absolute atomic E-state index is 0.143. The van der Waals surface area contributed by atoms with E-state index >= 15 is 0 Å². The van der Waals surface area contributed by atoms with Crippen molar-refractivity contribution in [3.63, 3.8) is 0 Å². The first-order valence-corrected chi connectivity index (χ1v) is 8.33. The van der Waals surface area contributed by atoms with Crippen LogP contribution >= 0.6 is 0 Å². The fraction of sp³-hybridized carbons (Fsp3) is 0.556. The predicted octanol–water partition coefficient (Wildman–Crippen LogP) is 1.88. The minimum Gasteiger partial charge on any atom is -0.391 e.